The number of hydrogen-bond donors (Lipinski definition) is 1. The zero-order chi connectivity index (χ0) is 14.0. The van der Waals surface area contributed by atoms with E-state index in [9.17, 15) is 14.9 Å². The first kappa shape index (κ1) is 14.6. The minimum Gasteiger partial charge on any atom is -0.351 e. The summed E-state index contributed by atoms with van der Waals surface area (Å²) in [4.78, 5) is 22.3. The molecule has 0 radical (unpaired) electrons. The van der Waals surface area contributed by atoms with Crippen molar-refractivity contribution in [2.75, 3.05) is 12.8 Å². The lowest BCUT2D eigenvalue weighted by molar-refractivity contribution is -0.384. The smallest absolute Gasteiger partial charge is 0.270 e. The topological polar surface area (TPSA) is 72.2 Å². The van der Waals surface area contributed by atoms with E-state index in [-0.39, 0.29) is 16.3 Å². The van der Waals surface area contributed by atoms with Gasteiger partial charge in [0.1, 0.15) is 0 Å². The minimum absolute atomic E-state index is 0.0587. The third-order valence-electron chi connectivity index (χ3n) is 3.22. The molecule has 7 heteroatoms. The average molecular weight is 392 g/mol. The number of non-ortho nitro benzene ring substituents is 1. The van der Waals surface area contributed by atoms with E-state index >= 15 is 0 Å². The Balaban J connectivity index is 2.10. The predicted molar refractivity (Wildman–Crippen MR) is 83.6 cm³/mol. The molecular formula is C12H13IN2O3S. The van der Waals surface area contributed by atoms with Crippen LogP contribution in [0.2, 0.25) is 0 Å². The van der Waals surface area contributed by atoms with Gasteiger partial charge in [0.2, 0.25) is 0 Å². The number of carbonyl (C=O) groups excluding carboxylic acids is 1. The Labute approximate surface area is 128 Å². The highest BCUT2D eigenvalue weighted by molar-refractivity contribution is 14.1. The van der Waals surface area contributed by atoms with Crippen molar-refractivity contribution in [3.8, 4) is 0 Å². The zero-order valence-corrected chi connectivity index (χ0v) is 13.3. The highest BCUT2D eigenvalue weighted by atomic mass is 127. The molecule has 0 spiro atoms. The molecule has 0 atom stereocenters. The Hall–Kier alpha value is -0.830. The molecule has 1 fully saturated rings. The maximum atomic E-state index is 12.1. The van der Waals surface area contributed by atoms with Crippen LogP contribution in [-0.2, 0) is 0 Å². The van der Waals surface area contributed by atoms with E-state index in [1.807, 2.05) is 28.8 Å². The van der Waals surface area contributed by atoms with Gasteiger partial charge in [-0.25, -0.2) is 0 Å². The number of thioether (sulfide) groups is 1. The van der Waals surface area contributed by atoms with Crippen LogP contribution in [0.1, 0.15) is 23.2 Å². The lowest BCUT2D eigenvalue weighted by atomic mass is 10.2. The summed E-state index contributed by atoms with van der Waals surface area (Å²) in [5.74, 6) is -0.242. The Morgan fingerprint density at radius 1 is 1.58 bits per heavy atom. The van der Waals surface area contributed by atoms with Crippen molar-refractivity contribution in [1.29, 1.82) is 0 Å². The molecule has 1 N–H and O–H groups in total. The van der Waals surface area contributed by atoms with Gasteiger partial charge in [0.05, 0.1) is 10.5 Å². The number of nitrogens with zero attached hydrogens (tertiary/aromatic N) is 1. The van der Waals surface area contributed by atoms with E-state index in [0.717, 1.165) is 16.4 Å². The van der Waals surface area contributed by atoms with E-state index in [1.165, 1.54) is 12.1 Å². The first-order valence-corrected chi connectivity index (χ1v) is 8.05. The number of hydrogen-bond acceptors (Lipinski definition) is 4. The third-order valence-corrected chi connectivity index (χ3v) is 5.58. The molecule has 19 heavy (non-hydrogen) atoms. The van der Waals surface area contributed by atoms with Crippen LogP contribution in [-0.4, -0.2) is 28.4 Å². The van der Waals surface area contributed by atoms with Crippen molar-refractivity contribution in [3.05, 3.63) is 37.4 Å². The van der Waals surface area contributed by atoms with Gasteiger partial charge in [0.25, 0.3) is 11.6 Å². The molecule has 0 heterocycles. The van der Waals surface area contributed by atoms with Crippen LogP contribution in [0.3, 0.4) is 0 Å². The second-order valence-electron chi connectivity index (χ2n) is 4.49. The summed E-state index contributed by atoms with van der Waals surface area (Å²) in [6.07, 6.45) is 4.26. The number of carbonyl (C=O) groups is 1. The molecule has 0 aliphatic heterocycles. The first-order valence-electron chi connectivity index (χ1n) is 5.75. The number of nitro benzene ring substituents is 1. The summed E-state index contributed by atoms with van der Waals surface area (Å²) in [6.45, 7) is 0.617. The lowest BCUT2D eigenvalue weighted by Crippen LogP contribution is -2.32. The Bertz CT molecular complexity index is 532. The summed E-state index contributed by atoms with van der Waals surface area (Å²) in [6, 6.07) is 4.33. The van der Waals surface area contributed by atoms with Crippen molar-refractivity contribution in [2.45, 2.75) is 17.6 Å². The molecule has 0 bridgehead atoms. The molecule has 102 valence electrons. The summed E-state index contributed by atoms with van der Waals surface area (Å²) < 4.78 is 0.900. The fourth-order valence-corrected chi connectivity index (χ4v) is 3.04. The van der Waals surface area contributed by atoms with Crippen molar-refractivity contribution in [3.63, 3.8) is 0 Å². The molecule has 1 aliphatic rings. The quantitative estimate of drug-likeness (QED) is 0.475. The molecule has 5 nitrogen and oxygen atoms in total. The van der Waals surface area contributed by atoms with Gasteiger partial charge in [-0.1, -0.05) is 0 Å². The number of halogens is 1. The summed E-state index contributed by atoms with van der Waals surface area (Å²) >= 11 is 3.78. The number of benzene rings is 1. The number of amides is 1. The molecule has 1 aromatic carbocycles. The number of rotatable bonds is 5. The standard InChI is InChI=1S/C12H13IN2O3S/c1-19-12(4-5-12)7-14-11(16)9-6-8(15(17)18)2-3-10(9)13/h2-3,6H,4-5,7H2,1H3,(H,14,16). The lowest BCUT2D eigenvalue weighted by Gasteiger charge is -2.13. The summed E-state index contributed by atoms with van der Waals surface area (Å²) in [7, 11) is 0. The summed E-state index contributed by atoms with van der Waals surface area (Å²) in [5.41, 5.74) is 0.309. The van der Waals surface area contributed by atoms with Crippen molar-refractivity contribution >= 4 is 45.9 Å². The highest BCUT2D eigenvalue weighted by Gasteiger charge is 2.42. The molecule has 2 rings (SSSR count). The van der Waals surface area contributed by atoms with Crippen LogP contribution in [0.4, 0.5) is 5.69 Å². The average Bonchev–Trinajstić information content (AvgIpc) is 3.17. The highest BCUT2D eigenvalue weighted by Crippen LogP contribution is 2.46. The van der Waals surface area contributed by atoms with Gasteiger partial charge in [0, 0.05) is 27.0 Å². The zero-order valence-electron chi connectivity index (χ0n) is 10.3. The molecule has 1 saturated carbocycles. The monoisotopic (exact) mass is 392 g/mol. The third kappa shape index (κ3) is 3.38. The van der Waals surface area contributed by atoms with Crippen molar-refractivity contribution < 1.29 is 9.72 Å². The van der Waals surface area contributed by atoms with Gasteiger partial charge in [0.15, 0.2) is 0 Å². The van der Waals surface area contributed by atoms with Crippen LogP contribution >= 0.6 is 34.4 Å². The Morgan fingerprint density at radius 2 is 2.26 bits per heavy atom. The van der Waals surface area contributed by atoms with Gasteiger partial charge in [-0.15, -0.1) is 0 Å². The maximum absolute atomic E-state index is 12.1. The second-order valence-corrected chi connectivity index (χ2v) is 6.93. The largest absolute Gasteiger partial charge is 0.351 e. The Kier molecular flexibility index (Phi) is 4.34. The van der Waals surface area contributed by atoms with Crippen molar-refractivity contribution in [2.24, 2.45) is 0 Å². The number of nitro groups is 1. The van der Waals surface area contributed by atoms with Crippen LogP contribution < -0.4 is 5.32 Å². The van der Waals surface area contributed by atoms with E-state index in [1.54, 1.807) is 17.8 Å². The van der Waals surface area contributed by atoms with Crippen LogP contribution in [0, 0.1) is 13.7 Å². The fraction of sp³-hybridized carbons (Fsp3) is 0.417. The van der Waals surface area contributed by atoms with Gasteiger partial charge in [-0.05, 0) is 47.8 Å². The van der Waals surface area contributed by atoms with E-state index in [0.29, 0.717) is 12.1 Å². The maximum Gasteiger partial charge on any atom is 0.270 e. The summed E-state index contributed by atoms with van der Waals surface area (Å²) in [5, 5.41) is 13.6. The van der Waals surface area contributed by atoms with E-state index in [4.69, 9.17) is 0 Å². The molecule has 0 saturated heterocycles. The first-order chi connectivity index (χ1) is 8.97. The Morgan fingerprint density at radius 3 is 2.79 bits per heavy atom. The van der Waals surface area contributed by atoms with Crippen LogP contribution in [0.5, 0.6) is 0 Å². The van der Waals surface area contributed by atoms with Gasteiger partial charge < -0.3 is 5.32 Å². The van der Waals surface area contributed by atoms with Crippen LogP contribution in [0.15, 0.2) is 18.2 Å². The fourth-order valence-electron chi connectivity index (χ4n) is 1.73. The number of nitrogens with one attached hydrogen (secondary N) is 1. The van der Waals surface area contributed by atoms with Gasteiger partial charge in [-0.3, -0.25) is 14.9 Å². The second kappa shape index (κ2) is 5.66. The SMILES string of the molecule is CSC1(CNC(=O)c2cc([N+](=O)[O-])ccc2I)CC1. The predicted octanol–water partition coefficient (Wildman–Crippen LogP) is 2.82. The van der Waals surface area contributed by atoms with Crippen LogP contribution in [0.25, 0.3) is 0 Å². The van der Waals surface area contributed by atoms with E-state index in [2.05, 4.69) is 5.32 Å². The molecular weight excluding hydrogens is 379 g/mol. The van der Waals surface area contributed by atoms with Crippen molar-refractivity contribution in [1.82, 2.24) is 5.32 Å². The molecule has 1 aromatic rings. The van der Waals surface area contributed by atoms with Gasteiger partial charge in [-0.2, -0.15) is 11.8 Å². The molecule has 1 aliphatic carbocycles. The van der Waals surface area contributed by atoms with Gasteiger partial charge >= 0.3 is 0 Å². The molecule has 0 aromatic heterocycles. The normalized spacial score (nSPS) is 15.9. The van der Waals surface area contributed by atoms with E-state index < -0.39 is 4.92 Å². The molecule has 1 amide bonds. The molecule has 0 unspecified atom stereocenters. The minimum atomic E-state index is -0.489.